The van der Waals surface area contributed by atoms with Gasteiger partial charge in [-0.15, -0.1) is 0 Å². The average molecular weight is 379 g/mol. The fourth-order valence-corrected chi connectivity index (χ4v) is 3.32. The van der Waals surface area contributed by atoms with E-state index in [0.717, 1.165) is 30.3 Å². The monoisotopic (exact) mass is 379 g/mol. The van der Waals surface area contributed by atoms with Crippen molar-refractivity contribution in [1.82, 2.24) is 29.6 Å². The number of carbonyl (C=O) groups is 2. The number of nitrogens with zero attached hydrogens (tertiary/aromatic N) is 6. The number of amides is 2. The molecule has 0 aromatic carbocycles. The molecule has 2 amide bonds. The van der Waals surface area contributed by atoms with E-state index in [0.29, 0.717) is 24.4 Å². The van der Waals surface area contributed by atoms with Gasteiger partial charge in [-0.25, -0.2) is 15.0 Å². The Morgan fingerprint density at radius 2 is 1.86 bits per heavy atom. The highest BCUT2D eigenvalue weighted by atomic mass is 16.2. The summed E-state index contributed by atoms with van der Waals surface area (Å²) in [6, 6.07) is 5.84. The smallest absolute Gasteiger partial charge is 0.271 e. The van der Waals surface area contributed by atoms with E-state index in [4.69, 9.17) is 4.98 Å². The van der Waals surface area contributed by atoms with Gasteiger partial charge in [-0.1, -0.05) is 6.07 Å². The third kappa shape index (κ3) is 3.26. The van der Waals surface area contributed by atoms with Crippen molar-refractivity contribution < 1.29 is 9.59 Å². The van der Waals surface area contributed by atoms with Crippen molar-refractivity contribution in [2.24, 2.45) is 0 Å². The number of rotatable bonds is 3. The van der Waals surface area contributed by atoms with Crippen LogP contribution in [0.5, 0.6) is 0 Å². The van der Waals surface area contributed by atoms with E-state index >= 15 is 0 Å². The first-order valence-corrected chi connectivity index (χ1v) is 9.10. The highest BCUT2D eigenvalue weighted by Gasteiger charge is 2.20. The summed E-state index contributed by atoms with van der Waals surface area (Å²) in [6.07, 6.45) is 4.96. The molecular weight excluding hydrogens is 358 g/mol. The van der Waals surface area contributed by atoms with Gasteiger partial charge in [-0.3, -0.25) is 14.0 Å². The number of hydrogen-bond acceptors (Lipinski definition) is 6. The van der Waals surface area contributed by atoms with Crippen LogP contribution in [0, 0.1) is 0 Å². The second kappa shape index (κ2) is 7.26. The molecule has 0 unspecified atom stereocenters. The maximum Gasteiger partial charge on any atom is 0.271 e. The molecule has 9 heteroatoms. The van der Waals surface area contributed by atoms with Gasteiger partial charge in [0.05, 0.1) is 23.8 Å². The van der Waals surface area contributed by atoms with E-state index in [2.05, 4.69) is 20.2 Å². The van der Waals surface area contributed by atoms with Crippen LogP contribution in [0.4, 0.5) is 5.82 Å². The van der Waals surface area contributed by atoms with Crippen LogP contribution in [0.25, 0.3) is 17.0 Å². The van der Waals surface area contributed by atoms with E-state index < -0.39 is 0 Å². The summed E-state index contributed by atoms with van der Waals surface area (Å²) >= 11 is 0. The van der Waals surface area contributed by atoms with Gasteiger partial charge in [-0.2, -0.15) is 0 Å². The zero-order chi connectivity index (χ0) is 19.7. The minimum absolute atomic E-state index is 0.104. The third-order valence-electron chi connectivity index (χ3n) is 4.90. The van der Waals surface area contributed by atoms with Crippen LogP contribution in [0.1, 0.15) is 17.4 Å². The van der Waals surface area contributed by atoms with Crippen LogP contribution < -0.4 is 10.2 Å². The summed E-state index contributed by atoms with van der Waals surface area (Å²) in [6.45, 7) is 4.47. The molecule has 3 aromatic heterocycles. The van der Waals surface area contributed by atoms with Crippen molar-refractivity contribution >= 4 is 23.3 Å². The lowest BCUT2D eigenvalue weighted by molar-refractivity contribution is -0.129. The quantitative estimate of drug-likeness (QED) is 0.724. The van der Waals surface area contributed by atoms with Gasteiger partial charge >= 0.3 is 0 Å². The van der Waals surface area contributed by atoms with Crippen LogP contribution >= 0.6 is 0 Å². The Bertz CT molecular complexity index is 1040. The molecule has 0 bridgehead atoms. The maximum atomic E-state index is 11.9. The summed E-state index contributed by atoms with van der Waals surface area (Å²) in [5.41, 5.74) is 2.50. The molecule has 0 spiro atoms. The fourth-order valence-electron chi connectivity index (χ4n) is 3.32. The van der Waals surface area contributed by atoms with Crippen molar-refractivity contribution in [2.75, 3.05) is 38.1 Å². The number of imidazole rings is 1. The lowest BCUT2D eigenvalue weighted by Crippen LogP contribution is -2.48. The van der Waals surface area contributed by atoms with Crippen LogP contribution in [0.15, 0.2) is 36.8 Å². The third-order valence-corrected chi connectivity index (χ3v) is 4.90. The number of aromatic nitrogens is 4. The molecule has 1 aliphatic rings. The molecule has 3 aromatic rings. The minimum atomic E-state index is -0.258. The number of hydrogen-bond donors (Lipinski definition) is 1. The molecule has 0 aliphatic carbocycles. The van der Waals surface area contributed by atoms with E-state index in [1.807, 2.05) is 27.5 Å². The van der Waals surface area contributed by atoms with E-state index in [9.17, 15) is 9.59 Å². The predicted molar refractivity (Wildman–Crippen MR) is 104 cm³/mol. The van der Waals surface area contributed by atoms with Crippen LogP contribution in [-0.2, 0) is 4.79 Å². The van der Waals surface area contributed by atoms with Crippen LogP contribution in [0.3, 0.4) is 0 Å². The van der Waals surface area contributed by atoms with Crippen LogP contribution in [0.2, 0.25) is 0 Å². The van der Waals surface area contributed by atoms with E-state index in [1.54, 1.807) is 32.6 Å². The van der Waals surface area contributed by atoms with Gasteiger partial charge in [0.2, 0.25) is 5.91 Å². The molecule has 1 fully saturated rings. The highest BCUT2D eigenvalue weighted by Crippen LogP contribution is 2.22. The van der Waals surface area contributed by atoms with Gasteiger partial charge in [0.25, 0.3) is 5.91 Å². The molecule has 0 radical (unpaired) electrons. The lowest BCUT2D eigenvalue weighted by Gasteiger charge is -2.35. The molecule has 1 aliphatic heterocycles. The zero-order valence-corrected chi connectivity index (χ0v) is 15.8. The van der Waals surface area contributed by atoms with Gasteiger partial charge < -0.3 is 15.1 Å². The number of carbonyl (C=O) groups excluding carboxylic acids is 2. The summed E-state index contributed by atoms with van der Waals surface area (Å²) in [5.74, 6) is 0.704. The number of anilines is 1. The van der Waals surface area contributed by atoms with Gasteiger partial charge in [0.15, 0.2) is 5.65 Å². The summed E-state index contributed by atoms with van der Waals surface area (Å²) < 4.78 is 1.82. The Balaban J connectivity index is 1.65. The first-order valence-electron chi connectivity index (χ1n) is 9.10. The second-order valence-corrected chi connectivity index (χ2v) is 6.60. The normalized spacial score (nSPS) is 14.4. The molecular formula is C19H21N7O2. The Hall–Kier alpha value is -3.49. The Morgan fingerprint density at radius 3 is 2.57 bits per heavy atom. The molecule has 4 heterocycles. The molecule has 9 nitrogen and oxygen atoms in total. The zero-order valence-electron chi connectivity index (χ0n) is 15.8. The first kappa shape index (κ1) is 17.9. The molecule has 144 valence electrons. The van der Waals surface area contributed by atoms with Crippen molar-refractivity contribution in [1.29, 1.82) is 0 Å². The molecule has 1 N–H and O–H groups in total. The van der Waals surface area contributed by atoms with Gasteiger partial charge in [0.1, 0.15) is 11.5 Å². The molecule has 1 saturated heterocycles. The highest BCUT2D eigenvalue weighted by molar-refractivity contribution is 5.92. The summed E-state index contributed by atoms with van der Waals surface area (Å²) in [7, 11) is 1.57. The number of nitrogens with one attached hydrogen (secondary N) is 1. The Morgan fingerprint density at radius 1 is 1.07 bits per heavy atom. The molecule has 0 atom stereocenters. The van der Waals surface area contributed by atoms with Crippen molar-refractivity contribution in [3.8, 4) is 11.4 Å². The predicted octanol–water partition coefficient (Wildman–Crippen LogP) is 0.819. The Kier molecular flexibility index (Phi) is 4.64. The number of pyridine rings is 1. The second-order valence-electron chi connectivity index (χ2n) is 6.60. The van der Waals surface area contributed by atoms with Crippen molar-refractivity contribution in [3.63, 3.8) is 0 Å². The lowest BCUT2D eigenvalue weighted by atomic mass is 10.2. The summed E-state index contributed by atoms with van der Waals surface area (Å²) in [5, 5.41) is 2.58. The standard InChI is InChI=1S/C19H21N7O2/c1-13(27)24-6-8-25(9-7-24)17-5-3-4-14(23-17)16-10-22-18-11-21-15(12-26(16)18)19(28)20-2/h3-5,10-12H,6-9H2,1-2H3,(H,20,28). The number of piperazine rings is 1. The average Bonchev–Trinajstić information content (AvgIpc) is 3.16. The van der Waals surface area contributed by atoms with E-state index in [1.165, 1.54) is 0 Å². The minimum Gasteiger partial charge on any atom is -0.354 e. The largest absolute Gasteiger partial charge is 0.354 e. The summed E-state index contributed by atoms with van der Waals surface area (Å²) in [4.78, 5) is 40.7. The number of fused-ring (bicyclic) bond motifs is 1. The van der Waals surface area contributed by atoms with E-state index in [-0.39, 0.29) is 11.8 Å². The van der Waals surface area contributed by atoms with Gasteiger partial charge in [0, 0.05) is 46.3 Å². The van der Waals surface area contributed by atoms with Crippen LogP contribution in [-0.4, -0.2) is 69.3 Å². The Labute approximate surface area is 162 Å². The van der Waals surface area contributed by atoms with Gasteiger partial charge in [-0.05, 0) is 12.1 Å². The fraction of sp³-hybridized carbons (Fsp3) is 0.316. The molecule has 28 heavy (non-hydrogen) atoms. The van der Waals surface area contributed by atoms with Crippen molar-refractivity contribution in [2.45, 2.75) is 6.92 Å². The maximum absolute atomic E-state index is 11.9. The molecule has 4 rings (SSSR count). The SMILES string of the molecule is CNC(=O)c1cn2c(-c3cccc(N4CCN(C(C)=O)CC4)n3)cnc2cn1. The van der Waals surface area contributed by atoms with Crippen molar-refractivity contribution in [3.05, 3.63) is 42.5 Å². The molecule has 0 saturated carbocycles. The first-order chi connectivity index (χ1) is 13.6. The topological polar surface area (TPSA) is 95.7 Å².